The monoisotopic (exact) mass is 926 g/mol. The zero-order valence-corrected chi connectivity index (χ0v) is 37.8. The summed E-state index contributed by atoms with van der Waals surface area (Å²) in [5, 5.41) is 116. The molecule has 13 N–H and O–H groups in total. The first kappa shape index (κ1) is 57.7. The Labute approximate surface area is 381 Å². The number of carboxylic acids is 1. The number of aliphatic hydroxyl groups is 10. The van der Waals surface area contributed by atoms with Gasteiger partial charge in [-0.3, -0.25) is 14.4 Å². The largest absolute Gasteiger partial charge is 0.481 e. The molecule has 0 aromatic carbocycles. The molecule has 0 aromatic heterocycles. The number of carbonyl (C=O) groups excluding carboxylic acids is 2. The van der Waals surface area contributed by atoms with E-state index in [1.165, 1.54) is 13.0 Å². The van der Waals surface area contributed by atoms with Gasteiger partial charge >= 0.3 is 11.9 Å². The van der Waals surface area contributed by atoms with Crippen LogP contribution in [0.2, 0.25) is 0 Å². The van der Waals surface area contributed by atoms with Crippen LogP contribution in [0.4, 0.5) is 0 Å². The van der Waals surface area contributed by atoms with Crippen molar-refractivity contribution in [2.75, 3.05) is 0 Å². The number of esters is 1. The Hall–Kier alpha value is -3.47. The second kappa shape index (κ2) is 30.0. The van der Waals surface area contributed by atoms with Crippen molar-refractivity contribution in [1.29, 1.82) is 0 Å². The van der Waals surface area contributed by atoms with E-state index in [9.17, 15) is 70.6 Å². The number of carboxylic acid groups (broad SMARTS) is 1. The van der Waals surface area contributed by atoms with Crippen LogP contribution < -0.4 is 5.73 Å². The molecule has 0 aromatic rings. The number of rotatable bonds is 3. The standard InChI is InChI=1S/C47H75NO17/c1-27-17-15-13-11-9-7-5-6-8-10-12-14-16-18-35(65-47-45(60)42(48)44(59)30(4)64-47)26-39(56)41(46(61)62)38(55)24-34(52)23-37(54)36(53)20-19-31(49)21-32(50)22-33(51)25-40(57)63-29(3)28(2)43(27)58/h5-6,8,10-18,27-33,35-39,41-45,47,49-51,53-56,58-60H,7,9,19-26,48H2,1-4H3,(H,61,62)/t27?,28?,29?,30-,31?,32?,33?,35?,36?,37?,38?,39?,41?,42+,43?,44-,45+,47?/m1/s1. The van der Waals surface area contributed by atoms with Gasteiger partial charge in [0.2, 0.25) is 0 Å². The predicted molar refractivity (Wildman–Crippen MR) is 238 cm³/mol. The van der Waals surface area contributed by atoms with Crippen molar-refractivity contribution >= 4 is 17.7 Å². The Balaban J connectivity index is 2.26. The van der Waals surface area contributed by atoms with Crippen LogP contribution in [0, 0.1) is 17.8 Å². The third kappa shape index (κ3) is 21.4. The molecule has 14 unspecified atom stereocenters. The third-order valence-electron chi connectivity index (χ3n) is 11.7. The van der Waals surface area contributed by atoms with E-state index in [-0.39, 0.29) is 31.6 Å². The summed E-state index contributed by atoms with van der Waals surface area (Å²) in [7, 11) is 0. The average Bonchev–Trinajstić information content (AvgIpc) is 3.22. The third-order valence-corrected chi connectivity index (χ3v) is 11.7. The van der Waals surface area contributed by atoms with Crippen molar-refractivity contribution in [1.82, 2.24) is 0 Å². The van der Waals surface area contributed by atoms with E-state index in [0.717, 1.165) is 12.8 Å². The van der Waals surface area contributed by atoms with E-state index >= 15 is 0 Å². The highest BCUT2D eigenvalue weighted by atomic mass is 16.7. The fourth-order valence-electron chi connectivity index (χ4n) is 7.45. The van der Waals surface area contributed by atoms with Crippen LogP contribution in [0.5, 0.6) is 0 Å². The van der Waals surface area contributed by atoms with Crippen LogP contribution in [-0.4, -0.2) is 166 Å². The van der Waals surface area contributed by atoms with Crippen LogP contribution in [0.25, 0.3) is 0 Å². The van der Waals surface area contributed by atoms with E-state index in [4.69, 9.17) is 19.9 Å². The molecule has 18 heteroatoms. The molecule has 2 aliphatic heterocycles. The predicted octanol–water partition coefficient (Wildman–Crippen LogP) is 0.778. The Kier molecular flexibility index (Phi) is 26.6. The second-order valence-electron chi connectivity index (χ2n) is 17.4. The fourth-order valence-corrected chi connectivity index (χ4v) is 7.45. The highest BCUT2D eigenvalue weighted by Gasteiger charge is 2.43. The summed E-state index contributed by atoms with van der Waals surface area (Å²) in [6.45, 7) is 6.73. The summed E-state index contributed by atoms with van der Waals surface area (Å²) in [6.07, 6.45) is 0.848. The van der Waals surface area contributed by atoms with Gasteiger partial charge in [-0.05, 0) is 52.4 Å². The van der Waals surface area contributed by atoms with Gasteiger partial charge in [-0.2, -0.15) is 0 Å². The topological polar surface area (TPSA) is 327 Å². The molecule has 18 atom stereocenters. The van der Waals surface area contributed by atoms with Gasteiger partial charge in [-0.1, -0.05) is 86.8 Å². The Bertz CT molecular complexity index is 1600. The summed E-state index contributed by atoms with van der Waals surface area (Å²) in [5.74, 6) is -5.88. The first-order chi connectivity index (χ1) is 30.6. The molecule has 2 aliphatic rings. The lowest BCUT2D eigenvalue weighted by atomic mass is 9.88. The Morgan fingerprint density at radius 3 is 1.83 bits per heavy atom. The van der Waals surface area contributed by atoms with Gasteiger partial charge in [0, 0.05) is 31.1 Å². The minimum atomic E-state index is -1.95. The molecule has 0 saturated carbocycles. The van der Waals surface area contributed by atoms with E-state index in [2.05, 4.69) is 0 Å². The number of Topliss-reactive ketones (excluding diaryl/α,β-unsaturated/α-hetero) is 1. The van der Waals surface area contributed by atoms with E-state index in [1.54, 1.807) is 44.2 Å². The molecule has 370 valence electrons. The molecule has 65 heavy (non-hydrogen) atoms. The molecular formula is C47H75NO17. The molecule has 1 saturated heterocycles. The zero-order chi connectivity index (χ0) is 48.8. The number of aliphatic hydroxyl groups excluding tert-OH is 10. The molecule has 0 aliphatic carbocycles. The summed E-state index contributed by atoms with van der Waals surface area (Å²) < 4.78 is 17.0. The zero-order valence-electron chi connectivity index (χ0n) is 37.8. The van der Waals surface area contributed by atoms with Gasteiger partial charge in [-0.15, -0.1) is 0 Å². The van der Waals surface area contributed by atoms with Crippen molar-refractivity contribution in [2.24, 2.45) is 23.5 Å². The number of aliphatic carboxylic acids is 1. The molecule has 0 spiro atoms. The second-order valence-corrected chi connectivity index (χ2v) is 17.4. The lowest BCUT2D eigenvalue weighted by molar-refractivity contribution is -0.277. The first-order valence-electron chi connectivity index (χ1n) is 22.4. The number of allylic oxidation sites excluding steroid dienone is 10. The van der Waals surface area contributed by atoms with Crippen LogP contribution in [-0.2, 0) is 28.6 Å². The molecular weight excluding hydrogens is 851 g/mol. The van der Waals surface area contributed by atoms with E-state index < -0.39 is 147 Å². The van der Waals surface area contributed by atoms with Gasteiger partial charge < -0.3 is 76.1 Å². The number of nitrogens with two attached hydrogens (primary N) is 1. The molecule has 0 radical (unpaired) electrons. The summed E-state index contributed by atoms with van der Waals surface area (Å²) in [4.78, 5) is 37.8. The minimum absolute atomic E-state index is 0.144. The van der Waals surface area contributed by atoms with Crippen molar-refractivity contribution < 1.29 is 84.8 Å². The minimum Gasteiger partial charge on any atom is -0.481 e. The highest BCUT2D eigenvalue weighted by Crippen LogP contribution is 2.26. The van der Waals surface area contributed by atoms with Crippen LogP contribution >= 0.6 is 0 Å². The molecule has 2 heterocycles. The normalized spacial score (nSPS) is 39.6. The van der Waals surface area contributed by atoms with Crippen molar-refractivity contribution in [2.45, 2.75) is 184 Å². The highest BCUT2D eigenvalue weighted by molar-refractivity contribution is 5.81. The number of carbonyl (C=O) groups is 3. The first-order valence-corrected chi connectivity index (χ1v) is 22.4. The van der Waals surface area contributed by atoms with Gasteiger partial charge in [0.05, 0.1) is 79.6 Å². The average molecular weight is 926 g/mol. The molecule has 0 bridgehead atoms. The molecule has 18 nitrogen and oxygen atoms in total. The molecule has 1 fully saturated rings. The summed E-state index contributed by atoms with van der Waals surface area (Å²) >= 11 is 0. The number of ketones is 1. The lowest BCUT2D eigenvalue weighted by Gasteiger charge is -2.41. The summed E-state index contributed by atoms with van der Waals surface area (Å²) in [5.41, 5.74) is 5.96. The van der Waals surface area contributed by atoms with Gasteiger partial charge in [0.1, 0.15) is 23.9 Å². The maximum Gasteiger partial charge on any atom is 0.311 e. The number of hydrogen-bond acceptors (Lipinski definition) is 17. The van der Waals surface area contributed by atoms with E-state index in [0.29, 0.717) is 0 Å². The fraction of sp³-hybridized carbons (Fsp3) is 0.681. The number of hydrogen-bond donors (Lipinski definition) is 12. The lowest BCUT2D eigenvalue weighted by Crippen LogP contribution is -2.61. The Morgan fingerprint density at radius 1 is 0.615 bits per heavy atom. The van der Waals surface area contributed by atoms with E-state index in [1.807, 2.05) is 43.4 Å². The molecule has 2 rings (SSSR count). The van der Waals surface area contributed by atoms with Crippen LogP contribution in [0.1, 0.15) is 91.9 Å². The van der Waals surface area contributed by atoms with Crippen LogP contribution in [0.15, 0.2) is 72.9 Å². The maximum absolute atomic E-state index is 12.9. The SMILES string of the molecule is CC1C=CC=CCCC=CC=CC=CC=CC(OC2O[C@H](C)[C@@H](O)[C@H](N)[C@@H]2O)CC(O)C(C(=O)O)C(O)CC(=O)CC(O)C(O)CCC(O)CC(O)CC(O)CC(=O)OC(C)C(C)C1O. The summed E-state index contributed by atoms with van der Waals surface area (Å²) in [6, 6.07) is -1.15. The number of cyclic esters (lactones) is 1. The van der Waals surface area contributed by atoms with Crippen LogP contribution in [0.3, 0.4) is 0 Å². The number of ether oxygens (including phenoxy) is 3. The molecule has 0 amide bonds. The van der Waals surface area contributed by atoms with Crippen molar-refractivity contribution in [3.05, 3.63) is 72.9 Å². The maximum atomic E-state index is 12.9. The quantitative estimate of drug-likeness (QED) is 0.174. The van der Waals surface area contributed by atoms with Gasteiger partial charge in [-0.25, -0.2) is 0 Å². The van der Waals surface area contributed by atoms with Gasteiger partial charge in [0.15, 0.2) is 6.29 Å². The smallest absolute Gasteiger partial charge is 0.311 e. The van der Waals surface area contributed by atoms with Gasteiger partial charge in [0.25, 0.3) is 0 Å². The van der Waals surface area contributed by atoms with Crippen molar-refractivity contribution in [3.8, 4) is 0 Å². The van der Waals surface area contributed by atoms with Crippen molar-refractivity contribution in [3.63, 3.8) is 0 Å². The Morgan fingerprint density at radius 2 is 1.18 bits per heavy atom.